The first kappa shape index (κ1) is 27.0. The SMILES string of the molecule is Cl.Cl.NN1CCC[C@@H](Cc2cc(C(F)(F)F)ccc2Oc2ccccc2)[C@H]1c1ccccc1. The molecule has 0 amide bonds. The minimum absolute atomic E-state index is 0. The number of hydrazine groups is 1. The molecule has 0 bridgehead atoms. The fourth-order valence-corrected chi connectivity index (χ4v) is 4.34. The highest BCUT2D eigenvalue weighted by Gasteiger charge is 2.34. The largest absolute Gasteiger partial charge is 0.457 e. The number of rotatable bonds is 5. The molecule has 4 rings (SSSR count). The van der Waals surface area contributed by atoms with Crippen LogP contribution in [0.3, 0.4) is 0 Å². The first-order valence-corrected chi connectivity index (χ1v) is 10.4. The van der Waals surface area contributed by atoms with Crippen molar-refractivity contribution >= 4 is 24.8 Å². The number of ether oxygens (including phenoxy) is 1. The summed E-state index contributed by atoms with van der Waals surface area (Å²) in [6.07, 6.45) is -2.18. The molecule has 1 aliphatic rings. The maximum atomic E-state index is 13.4. The van der Waals surface area contributed by atoms with E-state index >= 15 is 0 Å². The first-order valence-electron chi connectivity index (χ1n) is 10.4. The standard InChI is InChI=1S/C25H25F3N2O.2ClH/c26-25(27,28)21-13-14-23(31-22-11-5-2-6-12-22)20(17-21)16-19-10-7-15-30(29)24(19)18-8-3-1-4-9-18;;/h1-6,8-9,11-14,17,19,24H,7,10,15-16,29H2;2*1H/t19-,24+;;/m0../s1. The predicted octanol–water partition coefficient (Wildman–Crippen LogP) is 7.21. The number of nitrogens with zero attached hydrogens (tertiary/aromatic N) is 1. The van der Waals surface area contributed by atoms with Crippen LogP contribution < -0.4 is 10.6 Å². The third kappa shape index (κ3) is 6.64. The third-order valence-corrected chi connectivity index (χ3v) is 5.78. The van der Waals surface area contributed by atoms with Crippen molar-refractivity contribution in [2.45, 2.75) is 31.5 Å². The van der Waals surface area contributed by atoms with Crippen molar-refractivity contribution in [3.8, 4) is 11.5 Å². The van der Waals surface area contributed by atoms with Gasteiger partial charge in [0.1, 0.15) is 11.5 Å². The quantitative estimate of drug-likeness (QED) is 0.377. The lowest BCUT2D eigenvalue weighted by Gasteiger charge is -2.39. The average Bonchev–Trinajstić information content (AvgIpc) is 2.76. The van der Waals surface area contributed by atoms with E-state index in [0.717, 1.165) is 31.0 Å². The Hall–Kier alpha value is -2.25. The minimum atomic E-state index is -4.41. The highest BCUT2D eigenvalue weighted by atomic mass is 35.5. The van der Waals surface area contributed by atoms with Gasteiger partial charge in [-0.3, -0.25) is 5.84 Å². The van der Waals surface area contributed by atoms with Gasteiger partial charge in [-0.1, -0.05) is 48.5 Å². The van der Waals surface area contributed by atoms with Crippen LogP contribution >= 0.6 is 24.8 Å². The van der Waals surface area contributed by atoms with E-state index in [-0.39, 0.29) is 36.8 Å². The molecule has 33 heavy (non-hydrogen) atoms. The molecule has 3 aromatic carbocycles. The fraction of sp³-hybridized carbons (Fsp3) is 0.280. The molecule has 0 aromatic heterocycles. The van der Waals surface area contributed by atoms with Gasteiger partial charge in [0.15, 0.2) is 0 Å². The minimum Gasteiger partial charge on any atom is -0.457 e. The Balaban J connectivity index is 0.00000193. The smallest absolute Gasteiger partial charge is 0.416 e. The molecule has 3 nitrogen and oxygen atoms in total. The van der Waals surface area contributed by atoms with Gasteiger partial charge in [0.25, 0.3) is 0 Å². The number of alkyl halides is 3. The van der Waals surface area contributed by atoms with E-state index in [9.17, 15) is 13.2 Å². The summed E-state index contributed by atoms with van der Waals surface area (Å²) < 4.78 is 46.3. The molecular weight excluding hydrogens is 472 g/mol. The van der Waals surface area contributed by atoms with Crippen molar-refractivity contribution in [3.05, 3.63) is 95.6 Å². The molecule has 3 aromatic rings. The fourth-order valence-electron chi connectivity index (χ4n) is 4.34. The molecule has 0 saturated carbocycles. The number of para-hydroxylation sites is 1. The Morgan fingerprint density at radius 3 is 2.18 bits per heavy atom. The molecule has 1 heterocycles. The first-order chi connectivity index (χ1) is 14.9. The second-order valence-corrected chi connectivity index (χ2v) is 7.94. The Kier molecular flexibility index (Phi) is 9.61. The highest BCUT2D eigenvalue weighted by Crippen LogP contribution is 2.40. The molecular formula is C25H27Cl2F3N2O. The molecule has 2 N–H and O–H groups in total. The van der Waals surface area contributed by atoms with Crippen molar-refractivity contribution in [1.29, 1.82) is 0 Å². The Labute approximate surface area is 204 Å². The summed E-state index contributed by atoms with van der Waals surface area (Å²) >= 11 is 0. The van der Waals surface area contributed by atoms with Gasteiger partial charge in [-0.05, 0) is 66.6 Å². The van der Waals surface area contributed by atoms with E-state index in [1.54, 1.807) is 12.1 Å². The molecule has 8 heteroatoms. The summed E-state index contributed by atoms with van der Waals surface area (Å²) in [5, 5.41) is 1.81. The number of nitrogens with two attached hydrogens (primary N) is 1. The van der Waals surface area contributed by atoms with Gasteiger partial charge in [-0.25, -0.2) is 5.01 Å². The Bertz CT molecular complexity index is 1000. The van der Waals surface area contributed by atoms with E-state index in [2.05, 4.69) is 0 Å². The molecule has 0 aliphatic carbocycles. The number of hydrogen-bond donors (Lipinski definition) is 1. The van der Waals surface area contributed by atoms with Crippen LogP contribution in [0.5, 0.6) is 11.5 Å². The number of benzene rings is 3. The van der Waals surface area contributed by atoms with Crippen molar-refractivity contribution in [2.24, 2.45) is 11.8 Å². The van der Waals surface area contributed by atoms with Gasteiger partial charge in [0, 0.05) is 6.54 Å². The summed E-state index contributed by atoms with van der Waals surface area (Å²) in [6, 6.07) is 22.7. The molecule has 0 spiro atoms. The normalized spacial score (nSPS) is 18.7. The van der Waals surface area contributed by atoms with Gasteiger partial charge in [-0.15, -0.1) is 24.8 Å². The van der Waals surface area contributed by atoms with Crippen LogP contribution in [0.2, 0.25) is 0 Å². The topological polar surface area (TPSA) is 38.5 Å². The molecule has 1 fully saturated rings. The zero-order chi connectivity index (χ0) is 21.8. The van der Waals surface area contributed by atoms with E-state index in [1.807, 2.05) is 53.5 Å². The monoisotopic (exact) mass is 498 g/mol. The number of halogens is 5. The van der Waals surface area contributed by atoms with Crippen LogP contribution in [0.4, 0.5) is 13.2 Å². The summed E-state index contributed by atoms with van der Waals surface area (Å²) in [5.74, 6) is 7.44. The highest BCUT2D eigenvalue weighted by molar-refractivity contribution is 5.85. The lowest BCUT2D eigenvalue weighted by molar-refractivity contribution is -0.137. The van der Waals surface area contributed by atoms with Gasteiger partial charge in [0.2, 0.25) is 0 Å². The van der Waals surface area contributed by atoms with Crippen molar-refractivity contribution in [1.82, 2.24) is 5.01 Å². The van der Waals surface area contributed by atoms with Crippen LogP contribution in [0, 0.1) is 5.92 Å². The van der Waals surface area contributed by atoms with Crippen molar-refractivity contribution in [2.75, 3.05) is 6.54 Å². The third-order valence-electron chi connectivity index (χ3n) is 5.78. The van der Waals surface area contributed by atoms with Crippen LogP contribution in [-0.2, 0) is 12.6 Å². The summed E-state index contributed by atoms with van der Waals surface area (Å²) in [7, 11) is 0. The lowest BCUT2D eigenvalue weighted by atomic mass is 9.81. The lowest BCUT2D eigenvalue weighted by Crippen LogP contribution is -2.44. The van der Waals surface area contributed by atoms with Crippen LogP contribution in [0.15, 0.2) is 78.9 Å². The van der Waals surface area contributed by atoms with Crippen molar-refractivity contribution in [3.63, 3.8) is 0 Å². The molecule has 0 unspecified atom stereocenters. The molecule has 0 radical (unpaired) electrons. The zero-order valence-corrected chi connectivity index (χ0v) is 19.5. The van der Waals surface area contributed by atoms with E-state index in [1.165, 1.54) is 12.1 Å². The molecule has 178 valence electrons. The number of piperidine rings is 1. The van der Waals surface area contributed by atoms with Gasteiger partial charge in [0.05, 0.1) is 11.6 Å². The van der Waals surface area contributed by atoms with Crippen LogP contribution in [-0.4, -0.2) is 11.6 Å². The average molecular weight is 499 g/mol. The molecule has 2 atom stereocenters. The van der Waals surface area contributed by atoms with Crippen LogP contribution in [0.25, 0.3) is 0 Å². The summed E-state index contributed by atoms with van der Waals surface area (Å²) in [4.78, 5) is 0. The van der Waals surface area contributed by atoms with Gasteiger partial charge in [-0.2, -0.15) is 13.2 Å². The maximum absolute atomic E-state index is 13.4. The second-order valence-electron chi connectivity index (χ2n) is 7.94. The van der Waals surface area contributed by atoms with Gasteiger partial charge >= 0.3 is 6.18 Å². The molecule has 1 saturated heterocycles. The van der Waals surface area contributed by atoms with E-state index < -0.39 is 11.7 Å². The van der Waals surface area contributed by atoms with Crippen LogP contribution in [0.1, 0.15) is 35.6 Å². The molecule has 1 aliphatic heterocycles. The zero-order valence-electron chi connectivity index (χ0n) is 17.9. The second kappa shape index (κ2) is 11.7. The van der Waals surface area contributed by atoms with Gasteiger partial charge < -0.3 is 4.74 Å². The predicted molar refractivity (Wildman–Crippen MR) is 129 cm³/mol. The van der Waals surface area contributed by atoms with E-state index in [0.29, 0.717) is 23.5 Å². The Morgan fingerprint density at radius 1 is 0.909 bits per heavy atom. The Morgan fingerprint density at radius 2 is 1.55 bits per heavy atom. The summed E-state index contributed by atoms with van der Waals surface area (Å²) in [5.41, 5.74) is 0.951. The summed E-state index contributed by atoms with van der Waals surface area (Å²) in [6.45, 7) is 0.756. The van der Waals surface area contributed by atoms with Crippen molar-refractivity contribution < 1.29 is 17.9 Å². The van der Waals surface area contributed by atoms with E-state index in [4.69, 9.17) is 10.6 Å². The number of hydrogen-bond acceptors (Lipinski definition) is 3. The maximum Gasteiger partial charge on any atom is 0.416 e.